The van der Waals surface area contributed by atoms with Crippen LogP contribution in [0.15, 0.2) is 18.2 Å². The number of anilines is 1. The fourth-order valence-electron chi connectivity index (χ4n) is 5.61. The monoisotopic (exact) mass is 566 g/mol. The standard InChI is InChI=1S/C24H34ClF3N4O4S/c1-18(24(26,27)28)36-22(33)30-8-5-23(6-9-30)4-3-7-31(23)17-19-14-20(25)16-21(15-19)29-10-12-32(13-11-29)37(2,34)35/h14-16,18H,3-13,17H2,1-2H3. The molecule has 3 heterocycles. The van der Waals surface area contributed by atoms with E-state index in [0.717, 1.165) is 37.6 Å². The summed E-state index contributed by atoms with van der Waals surface area (Å²) >= 11 is 6.47. The minimum absolute atomic E-state index is 0.115. The van der Waals surface area contributed by atoms with Crippen LogP contribution in [0, 0.1) is 0 Å². The molecule has 3 fully saturated rings. The molecule has 8 nitrogen and oxygen atoms in total. The van der Waals surface area contributed by atoms with Crippen LogP contribution >= 0.6 is 11.6 Å². The highest BCUT2D eigenvalue weighted by atomic mass is 35.5. The molecule has 4 rings (SSSR count). The minimum atomic E-state index is -4.58. The van der Waals surface area contributed by atoms with E-state index in [2.05, 4.69) is 20.6 Å². The van der Waals surface area contributed by atoms with E-state index < -0.39 is 28.4 Å². The molecule has 0 N–H and O–H groups in total. The topological polar surface area (TPSA) is 73.4 Å². The lowest BCUT2D eigenvalue weighted by Gasteiger charge is -2.45. The van der Waals surface area contributed by atoms with Crippen LogP contribution in [0.2, 0.25) is 5.02 Å². The number of carbonyl (C=O) groups is 1. The van der Waals surface area contributed by atoms with Crippen LogP contribution in [0.5, 0.6) is 0 Å². The van der Waals surface area contributed by atoms with Crippen LogP contribution in [0.1, 0.15) is 38.2 Å². The Morgan fingerprint density at radius 2 is 1.70 bits per heavy atom. The zero-order valence-corrected chi connectivity index (χ0v) is 22.7. The van der Waals surface area contributed by atoms with E-state index >= 15 is 0 Å². The number of alkyl halides is 3. The van der Waals surface area contributed by atoms with Gasteiger partial charge in [0.2, 0.25) is 10.0 Å². The third-order valence-electron chi connectivity index (χ3n) is 7.82. The first-order chi connectivity index (χ1) is 17.3. The van der Waals surface area contributed by atoms with Gasteiger partial charge in [-0.3, -0.25) is 4.90 Å². The Bertz CT molecular complexity index is 1090. The summed E-state index contributed by atoms with van der Waals surface area (Å²) in [6, 6.07) is 5.93. The predicted octanol–water partition coefficient (Wildman–Crippen LogP) is 3.94. The second kappa shape index (κ2) is 10.8. The highest BCUT2D eigenvalue weighted by Gasteiger charge is 2.45. The maximum Gasteiger partial charge on any atom is 0.425 e. The smallest absolute Gasteiger partial charge is 0.425 e. The molecule has 13 heteroatoms. The molecular weight excluding hydrogens is 533 g/mol. The van der Waals surface area contributed by atoms with Gasteiger partial charge in [0.05, 0.1) is 6.26 Å². The Morgan fingerprint density at radius 3 is 2.30 bits per heavy atom. The van der Waals surface area contributed by atoms with Gasteiger partial charge in [0.1, 0.15) is 0 Å². The number of sulfonamides is 1. The number of hydrogen-bond donors (Lipinski definition) is 0. The van der Waals surface area contributed by atoms with Gasteiger partial charge in [-0.1, -0.05) is 11.6 Å². The molecule has 1 aromatic carbocycles. The Labute approximate surface area is 221 Å². The van der Waals surface area contributed by atoms with Crippen molar-refractivity contribution in [1.29, 1.82) is 0 Å². The summed E-state index contributed by atoms with van der Waals surface area (Å²) in [6.07, 6.45) is -3.09. The highest BCUT2D eigenvalue weighted by molar-refractivity contribution is 7.88. The molecular formula is C24H34ClF3N4O4S. The molecule has 0 saturated carbocycles. The maximum absolute atomic E-state index is 12.8. The quantitative estimate of drug-likeness (QED) is 0.538. The van der Waals surface area contributed by atoms with Crippen molar-refractivity contribution < 1.29 is 31.1 Å². The molecule has 3 aliphatic rings. The zero-order chi connectivity index (χ0) is 27.0. The molecule has 0 aliphatic carbocycles. The van der Waals surface area contributed by atoms with Crippen LogP contribution in [0.3, 0.4) is 0 Å². The largest absolute Gasteiger partial charge is 0.437 e. The van der Waals surface area contributed by atoms with E-state index in [1.54, 1.807) is 0 Å². The Balaban J connectivity index is 1.38. The average Bonchev–Trinajstić information content (AvgIpc) is 3.19. The molecule has 1 unspecified atom stereocenters. The number of benzene rings is 1. The summed E-state index contributed by atoms with van der Waals surface area (Å²) in [4.78, 5) is 18.2. The van der Waals surface area contributed by atoms with Crippen molar-refractivity contribution in [1.82, 2.24) is 14.1 Å². The van der Waals surface area contributed by atoms with Gasteiger partial charge >= 0.3 is 12.3 Å². The Hall–Kier alpha value is -1.76. The predicted molar refractivity (Wildman–Crippen MR) is 135 cm³/mol. The third kappa shape index (κ3) is 6.63. The number of amides is 1. The Morgan fingerprint density at radius 1 is 1.05 bits per heavy atom. The first-order valence-electron chi connectivity index (χ1n) is 12.5. The van der Waals surface area contributed by atoms with Gasteiger partial charge < -0.3 is 14.5 Å². The van der Waals surface area contributed by atoms with Crippen molar-refractivity contribution >= 4 is 33.4 Å². The summed E-state index contributed by atoms with van der Waals surface area (Å²) in [7, 11) is -3.21. The van der Waals surface area contributed by atoms with Crippen LogP contribution in [-0.2, 0) is 21.3 Å². The van der Waals surface area contributed by atoms with Crippen molar-refractivity contribution in [2.45, 2.75) is 57.0 Å². The fourth-order valence-corrected chi connectivity index (χ4v) is 6.69. The van der Waals surface area contributed by atoms with Crippen LogP contribution in [0.25, 0.3) is 0 Å². The maximum atomic E-state index is 12.8. The van der Waals surface area contributed by atoms with Crippen LogP contribution in [0.4, 0.5) is 23.7 Å². The van der Waals surface area contributed by atoms with Gasteiger partial charge in [-0.15, -0.1) is 0 Å². The van der Waals surface area contributed by atoms with E-state index in [-0.39, 0.29) is 5.54 Å². The second-order valence-corrected chi connectivity index (χ2v) is 12.7. The van der Waals surface area contributed by atoms with Crippen LogP contribution < -0.4 is 4.90 Å². The van der Waals surface area contributed by atoms with E-state index in [1.807, 2.05) is 12.1 Å². The summed E-state index contributed by atoms with van der Waals surface area (Å²) in [5.74, 6) is 0. The number of piperidine rings is 1. The lowest BCUT2D eigenvalue weighted by Crippen LogP contribution is -2.53. The number of carbonyl (C=O) groups excluding carboxylic acids is 1. The normalized spacial score (nSPS) is 22.4. The molecule has 3 aliphatic heterocycles. The molecule has 1 amide bonds. The summed E-state index contributed by atoms with van der Waals surface area (Å²) in [5.41, 5.74) is 1.89. The van der Waals surface area contributed by atoms with Crippen molar-refractivity contribution in [2.24, 2.45) is 0 Å². The number of piperazine rings is 1. The highest BCUT2D eigenvalue weighted by Crippen LogP contribution is 2.40. The molecule has 0 radical (unpaired) electrons. The number of rotatable bonds is 5. The number of hydrogen-bond acceptors (Lipinski definition) is 6. The third-order valence-corrected chi connectivity index (χ3v) is 9.34. The minimum Gasteiger partial charge on any atom is -0.437 e. The number of halogens is 4. The Kier molecular flexibility index (Phi) is 8.23. The van der Waals surface area contributed by atoms with Crippen molar-refractivity contribution in [3.8, 4) is 0 Å². The molecule has 0 bridgehead atoms. The molecule has 1 atom stereocenters. The first-order valence-corrected chi connectivity index (χ1v) is 14.8. The van der Waals surface area contributed by atoms with E-state index in [1.165, 1.54) is 15.5 Å². The van der Waals surface area contributed by atoms with Gasteiger partial charge in [-0.2, -0.15) is 17.5 Å². The fraction of sp³-hybridized carbons (Fsp3) is 0.708. The van der Waals surface area contributed by atoms with Gasteiger partial charge in [-0.25, -0.2) is 13.2 Å². The van der Waals surface area contributed by atoms with Gasteiger partial charge in [0.15, 0.2) is 6.10 Å². The molecule has 1 aromatic rings. The van der Waals surface area contributed by atoms with Crippen molar-refractivity contribution in [3.63, 3.8) is 0 Å². The summed E-state index contributed by atoms with van der Waals surface area (Å²) in [6.45, 7) is 5.13. The molecule has 37 heavy (non-hydrogen) atoms. The number of likely N-dealkylation sites (tertiary alicyclic amines) is 2. The van der Waals surface area contributed by atoms with E-state index in [9.17, 15) is 26.4 Å². The summed E-state index contributed by atoms with van der Waals surface area (Å²) in [5, 5.41) is 0.614. The lowest BCUT2D eigenvalue weighted by atomic mass is 9.85. The van der Waals surface area contributed by atoms with Crippen molar-refractivity contribution in [2.75, 3.05) is 57.0 Å². The number of nitrogens with zero attached hydrogens (tertiary/aromatic N) is 4. The second-order valence-electron chi connectivity index (χ2n) is 10.3. The van der Waals surface area contributed by atoms with E-state index in [0.29, 0.717) is 63.7 Å². The zero-order valence-electron chi connectivity index (χ0n) is 21.1. The molecule has 3 saturated heterocycles. The van der Waals surface area contributed by atoms with Gasteiger partial charge in [0.25, 0.3) is 0 Å². The average molecular weight is 567 g/mol. The lowest BCUT2D eigenvalue weighted by molar-refractivity contribution is -0.200. The SMILES string of the molecule is CC(OC(=O)N1CCC2(CCCN2Cc2cc(Cl)cc(N3CCN(S(C)(=O)=O)CC3)c2)CC1)C(F)(F)F. The molecule has 1 spiro atoms. The van der Waals surface area contributed by atoms with Crippen molar-refractivity contribution in [3.05, 3.63) is 28.8 Å². The number of ether oxygens (including phenoxy) is 1. The van der Waals surface area contributed by atoms with Gasteiger partial charge in [-0.05, 0) is 62.9 Å². The van der Waals surface area contributed by atoms with Crippen LogP contribution in [-0.4, -0.2) is 98.5 Å². The molecule has 0 aromatic heterocycles. The van der Waals surface area contributed by atoms with Gasteiger partial charge in [0, 0.05) is 62.1 Å². The molecule has 208 valence electrons. The summed E-state index contributed by atoms with van der Waals surface area (Å²) < 4.78 is 68.1. The van der Waals surface area contributed by atoms with E-state index in [4.69, 9.17) is 11.6 Å². The first kappa shape index (κ1) is 28.3.